The van der Waals surface area contributed by atoms with Crippen molar-refractivity contribution in [2.45, 2.75) is 0 Å². The molecule has 0 heterocycles. The maximum atomic E-state index is 3.15. The third-order valence-electron chi connectivity index (χ3n) is 3.19. The minimum Gasteiger partial charge on any atom is -0.0620 e. The molecule has 0 amide bonds. The number of halogens is 3. The van der Waals surface area contributed by atoms with Crippen molar-refractivity contribution < 1.29 is 8.10 Å². The summed E-state index contributed by atoms with van der Waals surface area (Å²) in [6.07, 6.45) is 0. The molecule has 3 aromatic rings. The topological polar surface area (TPSA) is 0 Å². The third-order valence-corrected chi connectivity index (χ3v) is 5.92. The van der Waals surface area contributed by atoms with Crippen LogP contribution in [-0.2, 0) is 8.10 Å². The number of hydrogen-bond acceptors (Lipinski definition) is 0. The van der Waals surface area contributed by atoms with E-state index >= 15 is 0 Å². The monoisotopic (exact) mass is 558 g/mol. The number of rotatable bonds is 3. The summed E-state index contributed by atoms with van der Waals surface area (Å²) < 4.78 is 0. The van der Waals surface area contributed by atoms with Gasteiger partial charge in [0.15, 0.2) is 0 Å². The minimum absolute atomic E-state index is 0.0208. The zero-order valence-corrected chi connectivity index (χ0v) is 18.9. The minimum atomic E-state index is -0.877. The molecule has 0 aromatic heterocycles. The first-order chi connectivity index (χ1) is 11.2. The molecular weight excluding hydrogens is 546 g/mol. The molecule has 0 spiro atoms. The van der Waals surface area contributed by atoms with Crippen LogP contribution in [0, 0.1) is 0 Å². The van der Waals surface area contributed by atoms with E-state index in [0.717, 1.165) is 0 Å². The van der Waals surface area contributed by atoms with Crippen molar-refractivity contribution in [3.05, 3.63) is 91.0 Å². The van der Waals surface area contributed by atoms with Gasteiger partial charge in [0.25, 0.3) is 0 Å². The van der Waals surface area contributed by atoms with Gasteiger partial charge in [-0.15, -0.1) is 0 Å². The Morgan fingerprint density at radius 2 is 0.696 bits per heavy atom. The van der Waals surface area contributed by atoms with Crippen molar-refractivity contribution in [1.82, 2.24) is 0 Å². The first kappa shape index (κ1) is 19.3. The summed E-state index contributed by atoms with van der Waals surface area (Å²) >= 11 is 9.44. The van der Waals surface area contributed by atoms with Crippen molar-refractivity contribution in [3.63, 3.8) is 0 Å². The summed E-state index contributed by atoms with van der Waals surface area (Å²) in [7, 11) is -0.898. The molecule has 0 aliphatic rings. The second-order valence-electron chi connectivity index (χ2n) is 4.61. The zero-order chi connectivity index (χ0) is 16.5. The van der Waals surface area contributed by atoms with Gasteiger partial charge in [0, 0.05) is 0 Å². The van der Waals surface area contributed by atoms with Crippen LogP contribution in [-0.4, -0.2) is 0 Å². The molecule has 3 aromatic carbocycles. The van der Waals surface area contributed by atoms with E-state index in [2.05, 4.69) is 134 Å². The molecule has 5 heteroatoms. The first-order valence-corrected chi connectivity index (χ1v) is 15.7. The summed E-state index contributed by atoms with van der Waals surface area (Å²) in [6, 6.07) is 32.5. The Bertz CT molecular complexity index is 582. The molecule has 0 saturated heterocycles. The molecule has 0 aliphatic heterocycles. The Hall–Kier alpha value is 0.0235. The van der Waals surface area contributed by atoms with Crippen molar-refractivity contribution in [2.24, 2.45) is 0 Å². The van der Waals surface area contributed by atoms with E-state index in [9.17, 15) is 0 Å². The van der Waals surface area contributed by atoms with Gasteiger partial charge in [0.2, 0.25) is 0 Å². The van der Waals surface area contributed by atoms with Crippen LogP contribution in [0.25, 0.3) is 0 Å². The van der Waals surface area contributed by atoms with Crippen LogP contribution < -0.4 is 15.9 Å². The SMILES string of the molecule is [Br][Ni-]([Br])[Br].c1ccc([PH+](c2ccccc2)c2ccccc2)cc1. The smallest absolute Gasteiger partial charge is 0.0620 e. The first-order valence-electron chi connectivity index (χ1n) is 6.84. The van der Waals surface area contributed by atoms with Gasteiger partial charge in [-0.25, -0.2) is 0 Å². The third kappa shape index (κ3) is 6.80. The zero-order valence-electron chi connectivity index (χ0n) is 12.1. The Morgan fingerprint density at radius 1 is 0.478 bits per heavy atom. The van der Waals surface area contributed by atoms with Gasteiger partial charge in [-0.1, -0.05) is 54.6 Å². The van der Waals surface area contributed by atoms with Crippen LogP contribution in [0.3, 0.4) is 0 Å². The molecule has 0 N–H and O–H groups in total. The Kier molecular flexibility index (Phi) is 9.08. The van der Waals surface area contributed by atoms with Crippen molar-refractivity contribution in [2.75, 3.05) is 0 Å². The summed E-state index contributed by atoms with van der Waals surface area (Å²) in [5.41, 5.74) is 0. The molecule has 0 unspecified atom stereocenters. The van der Waals surface area contributed by atoms with Gasteiger partial charge in [-0.05, 0) is 36.4 Å². The van der Waals surface area contributed by atoms with Crippen LogP contribution in [0.15, 0.2) is 91.0 Å². The van der Waals surface area contributed by atoms with Crippen molar-refractivity contribution in [3.8, 4) is 0 Å². The molecule has 0 atom stereocenters. The predicted molar refractivity (Wildman–Crippen MR) is 113 cm³/mol. The van der Waals surface area contributed by atoms with Gasteiger partial charge in [0.05, 0.1) is 7.92 Å². The van der Waals surface area contributed by atoms with Crippen LogP contribution >= 0.6 is 50.6 Å². The van der Waals surface area contributed by atoms with E-state index < -0.39 is 7.92 Å². The second kappa shape index (κ2) is 10.8. The number of hydrogen-bond donors (Lipinski definition) is 0. The molecule has 124 valence electrons. The fourth-order valence-corrected chi connectivity index (χ4v) is 4.89. The van der Waals surface area contributed by atoms with Crippen LogP contribution in [0.2, 0.25) is 0 Å². The molecule has 0 aliphatic carbocycles. The molecule has 3 rings (SSSR count). The average Bonchev–Trinajstić information content (AvgIpc) is 2.58. The van der Waals surface area contributed by atoms with Crippen molar-refractivity contribution in [1.29, 1.82) is 0 Å². The van der Waals surface area contributed by atoms with Gasteiger partial charge in [-0.3, -0.25) is 0 Å². The van der Waals surface area contributed by atoms with Crippen LogP contribution in [0.5, 0.6) is 0 Å². The summed E-state index contributed by atoms with van der Waals surface area (Å²) in [4.78, 5) is 0. The molecule has 0 nitrogen and oxygen atoms in total. The molecule has 0 fully saturated rings. The van der Waals surface area contributed by atoms with Gasteiger partial charge >= 0.3 is 50.8 Å². The molecule has 23 heavy (non-hydrogen) atoms. The maximum absolute atomic E-state index is 3.15. The van der Waals surface area contributed by atoms with Gasteiger partial charge in [0.1, 0.15) is 15.9 Å². The largest absolute Gasteiger partial charge is 0.102 e. The average molecular weight is 562 g/mol. The van der Waals surface area contributed by atoms with E-state index in [1.807, 2.05) is 0 Å². The summed E-state index contributed by atoms with van der Waals surface area (Å²) in [5.74, 6) is 0. The van der Waals surface area contributed by atoms with Gasteiger partial charge in [-0.2, -0.15) is 0 Å². The number of benzene rings is 3. The fraction of sp³-hybridized carbons (Fsp3) is 0. The summed E-state index contributed by atoms with van der Waals surface area (Å²) in [5, 5.41) is 4.31. The van der Waals surface area contributed by atoms with E-state index in [1.54, 1.807) is 0 Å². The Balaban J connectivity index is 0.000000433. The van der Waals surface area contributed by atoms with Crippen LogP contribution in [0.1, 0.15) is 0 Å². The molecular formula is C18H16Br3NiP. The molecule has 0 bridgehead atoms. The molecule has 0 saturated carbocycles. The standard InChI is InChI=1S/C18H15P.3BrH.Ni/c1-4-10-16(11-5-1)19(17-12-6-2-7-13-17)18-14-8-3-9-15-18;;;;/h1-15H;3*1H;/q;;;;+2/p-2. The van der Waals surface area contributed by atoms with E-state index in [4.69, 9.17) is 0 Å². The fourth-order valence-electron chi connectivity index (χ4n) is 2.31. The second-order valence-corrected chi connectivity index (χ2v) is 22.0. The predicted octanol–water partition coefficient (Wildman–Crippen LogP) is 5.71. The van der Waals surface area contributed by atoms with Gasteiger partial charge < -0.3 is 0 Å². The normalized spacial score (nSPS) is 10.7. The quantitative estimate of drug-likeness (QED) is 0.284. The van der Waals surface area contributed by atoms with E-state index in [0.29, 0.717) is 0 Å². The Labute approximate surface area is 164 Å². The summed E-state index contributed by atoms with van der Waals surface area (Å²) in [6.45, 7) is 0. The Morgan fingerprint density at radius 3 is 0.913 bits per heavy atom. The van der Waals surface area contributed by atoms with Crippen LogP contribution in [0.4, 0.5) is 0 Å². The van der Waals surface area contributed by atoms with E-state index in [1.165, 1.54) is 15.9 Å². The van der Waals surface area contributed by atoms with Crippen molar-refractivity contribution >= 4 is 66.5 Å². The van der Waals surface area contributed by atoms with E-state index in [-0.39, 0.29) is 8.10 Å². The maximum Gasteiger partial charge on any atom is 0.102 e. The molecule has 0 radical (unpaired) electrons.